The fourth-order valence-corrected chi connectivity index (χ4v) is 7.47. The van der Waals surface area contributed by atoms with E-state index < -0.39 is 0 Å². The molecule has 0 bridgehead atoms. The standard InChI is InChI=1S/C21H24S4/c1-21(2,15-3-7-17(8-4-15)24-19-11-22-12-19)16-5-9-18(10-6-16)25-20-13-23-14-20/h3-10,19-20H,11-14H2,1-2H3. The largest absolute Gasteiger partial charge is 0.160 e. The van der Waals surface area contributed by atoms with Crippen LogP contribution in [0, 0.1) is 0 Å². The molecule has 0 aliphatic carbocycles. The van der Waals surface area contributed by atoms with E-state index in [1.54, 1.807) is 0 Å². The highest BCUT2D eigenvalue weighted by Crippen LogP contribution is 2.38. The van der Waals surface area contributed by atoms with E-state index in [2.05, 4.69) is 85.9 Å². The fourth-order valence-electron chi connectivity index (χ4n) is 3.02. The lowest BCUT2D eigenvalue weighted by molar-refractivity contribution is 0.639. The van der Waals surface area contributed by atoms with Crippen molar-refractivity contribution < 1.29 is 0 Å². The molecule has 0 unspecified atom stereocenters. The molecule has 0 aromatic heterocycles. The topological polar surface area (TPSA) is 0 Å². The van der Waals surface area contributed by atoms with Crippen LogP contribution in [-0.2, 0) is 5.41 Å². The van der Waals surface area contributed by atoms with Gasteiger partial charge in [-0.15, -0.1) is 23.5 Å². The number of hydrogen-bond acceptors (Lipinski definition) is 4. The highest BCUT2D eigenvalue weighted by molar-refractivity contribution is 8.07. The maximum absolute atomic E-state index is 2.34. The average Bonchev–Trinajstić information content (AvgIpc) is 2.55. The maximum atomic E-state index is 2.34. The van der Waals surface area contributed by atoms with Crippen LogP contribution in [-0.4, -0.2) is 33.5 Å². The van der Waals surface area contributed by atoms with Crippen LogP contribution in [0.4, 0.5) is 0 Å². The van der Waals surface area contributed by atoms with Gasteiger partial charge in [-0.3, -0.25) is 0 Å². The molecule has 0 N–H and O–H groups in total. The molecule has 2 aromatic rings. The van der Waals surface area contributed by atoms with Crippen LogP contribution < -0.4 is 0 Å². The highest BCUT2D eigenvalue weighted by Gasteiger charge is 2.25. The molecule has 0 spiro atoms. The van der Waals surface area contributed by atoms with Crippen LogP contribution in [0.15, 0.2) is 58.3 Å². The summed E-state index contributed by atoms with van der Waals surface area (Å²) >= 11 is 8.18. The van der Waals surface area contributed by atoms with E-state index in [9.17, 15) is 0 Å². The zero-order chi connectivity index (χ0) is 17.3. The van der Waals surface area contributed by atoms with Crippen molar-refractivity contribution in [1.82, 2.24) is 0 Å². The second-order valence-electron chi connectivity index (χ2n) is 7.23. The summed E-state index contributed by atoms with van der Waals surface area (Å²) < 4.78 is 0. The van der Waals surface area contributed by atoms with Crippen LogP contribution in [0.5, 0.6) is 0 Å². The van der Waals surface area contributed by atoms with Gasteiger partial charge in [0.25, 0.3) is 0 Å². The van der Waals surface area contributed by atoms with Crippen LogP contribution >= 0.6 is 47.0 Å². The van der Waals surface area contributed by atoms with Crippen molar-refractivity contribution in [3.63, 3.8) is 0 Å². The van der Waals surface area contributed by atoms with Crippen molar-refractivity contribution in [3.05, 3.63) is 59.7 Å². The summed E-state index contributed by atoms with van der Waals surface area (Å²) in [6.45, 7) is 4.67. The van der Waals surface area contributed by atoms with Crippen LogP contribution in [0.2, 0.25) is 0 Å². The van der Waals surface area contributed by atoms with Gasteiger partial charge in [-0.2, -0.15) is 23.5 Å². The van der Waals surface area contributed by atoms with Gasteiger partial charge in [0.15, 0.2) is 0 Å². The van der Waals surface area contributed by atoms with Gasteiger partial charge in [0, 0.05) is 48.7 Å². The predicted octanol–water partition coefficient (Wildman–Crippen LogP) is 6.43. The lowest BCUT2D eigenvalue weighted by Gasteiger charge is -2.28. The van der Waals surface area contributed by atoms with Gasteiger partial charge >= 0.3 is 0 Å². The van der Waals surface area contributed by atoms with E-state index in [0.29, 0.717) is 0 Å². The van der Waals surface area contributed by atoms with E-state index in [1.807, 2.05) is 23.5 Å². The quantitative estimate of drug-likeness (QED) is 0.544. The first-order valence-electron chi connectivity index (χ1n) is 8.81. The molecule has 0 nitrogen and oxygen atoms in total. The van der Waals surface area contributed by atoms with Gasteiger partial charge in [-0.05, 0) is 35.4 Å². The normalized spacial score (nSPS) is 18.6. The molecule has 0 radical (unpaired) electrons. The third-order valence-electron chi connectivity index (χ3n) is 4.97. The Hall–Kier alpha value is -0.160. The lowest BCUT2D eigenvalue weighted by atomic mass is 9.78. The fraction of sp³-hybridized carbons (Fsp3) is 0.429. The van der Waals surface area contributed by atoms with Crippen molar-refractivity contribution in [2.75, 3.05) is 23.0 Å². The number of rotatable bonds is 6. The number of thioether (sulfide) groups is 4. The zero-order valence-corrected chi connectivity index (χ0v) is 18.0. The van der Waals surface area contributed by atoms with Crippen LogP contribution in [0.25, 0.3) is 0 Å². The summed E-state index contributed by atoms with van der Waals surface area (Å²) in [5, 5.41) is 1.64. The Bertz CT molecular complexity index is 636. The van der Waals surface area contributed by atoms with E-state index in [-0.39, 0.29) is 5.41 Å². The molecule has 4 rings (SSSR count). The molecule has 132 valence electrons. The minimum atomic E-state index is 0.0467. The second-order valence-corrected chi connectivity index (χ2v) is 12.1. The summed E-state index contributed by atoms with van der Waals surface area (Å²) in [7, 11) is 0. The maximum Gasteiger partial charge on any atom is 0.0276 e. The molecule has 2 aromatic carbocycles. The number of benzene rings is 2. The molecule has 4 heteroatoms. The van der Waals surface area contributed by atoms with Gasteiger partial charge in [-0.25, -0.2) is 0 Å². The van der Waals surface area contributed by atoms with Gasteiger partial charge in [0.2, 0.25) is 0 Å². The van der Waals surface area contributed by atoms with E-state index >= 15 is 0 Å². The Morgan fingerprint density at radius 2 is 1.04 bits per heavy atom. The zero-order valence-electron chi connectivity index (χ0n) is 14.7. The molecule has 2 aliphatic rings. The monoisotopic (exact) mass is 404 g/mol. The molecule has 2 heterocycles. The minimum Gasteiger partial charge on any atom is -0.160 e. The predicted molar refractivity (Wildman–Crippen MR) is 119 cm³/mol. The number of hydrogen-bond donors (Lipinski definition) is 0. The first-order valence-corrected chi connectivity index (χ1v) is 12.9. The second kappa shape index (κ2) is 7.84. The Balaban J connectivity index is 1.45. The smallest absolute Gasteiger partial charge is 0.0276 e. The summed E-state index contributed by atoms with van der Waals surface area (Å²) in [5.74, 6) is 5.23. The van der Waals surface area contributed by atoms with Crippen molar-refractivity contribution >= 4 is 47.0 Å². The summed E-state index contributed by atoms with van der Waals surface area (Å²) in [6, 6.07) is 18.5. The Morgan fingerprint density at radius 3 is 1.32 bits per heavy atom. The molecule has 2 saturated heterocycles. The van der Waals surface area contributed by atoms with Crippen molar-refractivity contribution in [2.24, 2.45) is 0 Å². The third kappa shape index (κ3) is 4.23. The summed E-state index contributed by atoms with van der Waals surface area (Å²) in [4.78, 5) is 2.82. The molecule has 0 amide bonds. The molecular weight excluding hydrogens is 380 g/mol. The summed E-state index contributed by atoms with van der Waals surface area (Å²) in [6.07, 6.45) is 0. The van der Waals surface area contributed by atoms with E-state index in [0.717, 1.165) is 10.5 Å². The molecule has 2 aliphatic heterocycles. The highest BCUT2D eigenvalue weighted by atomic mass is 32.2. The molecule has 25 heavy (non-hydrogen) atoms. The minimum absolute atomic E-state index is 0.0467. The van der Waals surface area contributed by atoms with Crippen LogP contribution in [0.3, 0.4) is 0 Å². The van der Waals surface area contributed by atoms with Gasteiger partial charge in [-0.1, -0.05) is 38.1 Å². The van der Waals surface area contributed by atoms with Gasteiger partial charge in [0.1, 0.15) is 0 Å². The van der Waals surface area contributed by atoms with Gasteiger partial charge < -0.3 is 0 Å². The average molecular weight is 405 g/mol. The Kier molecular flexibility index (Phi) is 5.71. The first-order chi connectivity index (χ1) is 12.1. The Labute approximate surface area is 168 Å². The lowest BCUT2D eigenvalue weighted by Crippen LogP contribution is -2.21. The van der Waals surface area contributed by atoms with Crippen molar-refractivity contribution in [2.45, 2.75) is 39.6 Å². The Morgan fingerprint density at radius 1 is 0.680 bits per heavy atom. The third-order valence-corrected chi connectivity index (χ3v) is 10.8. The molecule has 0 atom stereocenters. The summed E-state index contributed by atoms with van der Waals surface area (Å²) in [5.41, 5.74) is 2.84. The first kappa shape index (κ1) is 18.2. The van der Waals surface area contributed by atoms with Crippen molar-refractivity contribution in [1.29, 1.82) is 0 Å². The SMILES string of the molecule is CC(C)(c1ccc(SC2CSC2)cc1)c1ccc(SC2CSC2)cc1. The molecular formula is C21H24S4. The molecule has 0 saturated carbocycles. The van der Waals surface area contributed by atoms with Crippen molar-refractivity contribution in [3.8, 4) is 0 Å². The van der Waals surface area contributed by atoms with E-state index in [4.69, 9.17) is 0 Å². The van der Waals surface area contributed by atoms with E-state index in [1.165, 1.54) is 43.9 Å². The van der Waals surface area contributed by atoms with Gasteiger partial charge in [0.05, 0.1) is 0 Å². The van der Waals surface area contributed by atoms with Crippen LogP contribution in [0.1, 0.15) is 25.0 Å². The molecule has 2 fully saturated rings.